The molecule has 7 heteroatoms. The number of anilines is 1. The fraction of sp³-hybridized carbons (Fsp3) is 0.429. The summed E-state index contributed by atoms with van der Waals surface area (Å²) < 4.78 is 0. The third-order valence-electron chi connectivity index (χ3n) is 5.39. The van der Waals surface area contributed by atoms with Crippen molar-refractivity contribution < 1.29 is 9.59 Å². The molecule has 4 rings (SSSR count). The maximum Gasteiger partial charge on any atom is 0.228 e. The van der Waals surface area contributed by atoms with Gasteiger partial charge in [-0.1, -0.05) is 6.08 Å². The van der Waals surface area contributed by atoms with Gasteiger partial charge < -0.3 is 15.6 Å². The summed E-state index contributed by atoms with van der Waals surface area (Å²) in [7, 11) is 0. The molecule has 0 aromatic carbocycles. The van der Waals surface area contributed by atoms with Crippen LogP contribution in [0.2, 0.25) is 0 Å². The number of hydrogen-bond acceptors (Lipinski definition) is 4. The number of allylic oxidation sites excluding steroid dienone is 2. The highest BCUT2D eigenvalue weighted by Crippen LogP contribution is 2.35. The lowest BCUT2D eigenvalue weighted by Gasteiger charge is -2.22. The monoisotopic (exact) mass is 377 g/mol. The van der Waals surface area contributed by atoms with E-state index in [2.05, 4.69) is 26.7 Å². The topological polar surface area (TPSA) is 111 Å². The minimum atomic E-state index is -0.0555. The van der Waals surface area contributed by atoms with E-state index in [-0.39, 0.29) is 23.7 Å². The van der Waals surface area contributed by atoms with Crippen molar-refractivity contribution in [2.45, 2.75) is 38.5 Å². The van der Waals surface area contributed by atoms with Crippen molar-refractivity contribution in [2.75, 3.05) is 11.9 Å². The average molecular weight is 377 g/mol. The van der Waals surface area contributed by atoms with Gasteiger partial charge in [0, 0.05) is 30.0 Å². The van der Waals surface area contributed by atoms with E-state index in [0.29, 0.717) is 25.2 Å². The van der Waals surface area contributed by atoms with Gasteiger partial charge in [0.15, 0.2) is 0 Å². The number of rotatable bonds is 6. The Balaban J connectivity index is 1.52. The van der Waals surface area contributed by atoms with Gasteiger partial charge in [-0.3, -0.25) is 9.59 Å². The fourth-order valence-corrected chi connectivity index (χ4v) is 3.64. The van der Waals surface area contributed by atoms with Crippen molar-refractivity contribution in [1.82, 2.24) is 15.3 Å². The first-order valence-corrected chi connectivity index (χ1v) is 9.79. The second-order valence-corrected chi connectivity index (χ2v) is 7.46. The van der Waals surface area contributed by atoms with Crippen LogP contribution >= 0.6 is 0 Å². The molecule has 1 unspecified atom stereocenters. The third kappa shape index (κ3) is 3.91. The molecule has 3 N–H and O–H groups in total. The quantitative estimate of drug-likeness (QED) is 0.672. The lowest BCUT2D eigenvalue weighted by atomic mass is 9.85. The van der Waals surface area contributed by atoms with E-state index in [4.69, 9.17) is 5.26 Å². The molecule has 1 saturated carbocycles. The van der Waals surface area contributed by atoms with E-state index in [1.807, 2.05) is 24.4 Å². The van der Waals surface area contributed by atoms with Crippen molar-refractivity contribution >= 4 is 34.2 Å². The second-order valence-electron chi connectivity index (χ2n) is 7.46. The van der Waals surface area contributed by atoms with Crippen LogP contribution in [0, 0.1) is 23.2 Å². The molecule has 144 valence electrons. The van der Waals surface area contributed by atoms with Gasteiger partial charge in [0.05, 0.1) is 12.5 Å². The number of hydrogen-bond donors (Lipinski definition) is 3. The number of carbonyl (C=O) groups excluding carboxylic acids is 2. The smallest absolute Gasteiger partial charge is 0.228 e. The first-order chi connectivity index (χ1) is 13.7. The summed E-state index contributed by atoms with van der Waals surface area (Å²) >= 11 is 0. The van der Waals surface area contributed by atoms with E-state index in [1.165, 1.54) is 5.57 Å². The predicted molar refractivity (Wildman–Crippen MR) is 106 cm³/mol. The summed E-state index contributed by atoms with van der Waals surface area (Å²) in [6.45, 7) is 0.404. The number of amides is 2. The van der Waals surface area contributed by atoms with E-state index in [9.17, 15) is 9.59 Å². The maximum atomic E-state index is 12.2. The number of aromatic nitrogens is 2. The van der Waals surface area contributed by atoms with E-state index in [1.54, 1.807) is 0 Å². The van der Waals surface area contributed by atoms with Crippen LogP contribution in [-0.2, 0) is 9.59 Å². The van der Waals surface area contributed by atoms with Crippen LogP contribution in [-0.4, -0.2) is 28.3 Å². The van der Waals surface area contributed by atoms with Crippen molar-refractivity contribution in [2.24, 2.45) is 11.8 Å². The van der Waals surface area contributed by atoms with E-state index in [0.717, 1.165) is 42.3 Å². The summed E-state index contributed by atoms with van der Waals surface area (Å²) in [4.78, 5) is 32.0. The van der Waals surface area contributed by atoms with Crippen LogP contribution in [0.25, 0.3) is 16.6 Å². The minimum Gasteiger partial charge on any atom is -0.355 e. The zero-order valence-corrected chi connectivity index (χ0v) is 15.6. The van der Waals surface area contributed by atoms with Crippen LogP contribution in [0.1, 0.15) is 44.1 Å². The number of H-pyrrole nitrogens is 1. The molecule has 1 atom stereocenters. The van der Waals surface area contributed by atoms with Crippen LogP contribution < -0.4 is 10.6 Å². The normalized spacial score (nSPS) is 19.0. The molecule has 1 fully saturated rings. The molecular formula is C21H23N5O2. The van der Waals surface area contributed by atoms with Gasteiger partial charge in [-0.15, -0.1) is 0 Å². The zero-order valence-electron chi connectivity index (χ0n) is 15.6. The number of aromatic amines is 1. The highest BCUT2D eigenvalue weighted by atomic mass is 16.2. The first kappa shape index (κ1) is 18.2. The summed E-state index contributed by atoms with van der Waals surface area (Å²) in [5, 5.41) is 15.4. The van der Waals surface area contributed by atoms with Gasteiger partial charge >= 0.3 is 0 Å². The molecule has 2 aliphatic carbocycles. The Kier molecular flexibility index (Phi) is 5.11. The molecular weight excluding hydrogens is 354 g/mol. The van der Waals surface area contributed by atoms with Crippen LogP contribution in [0.4, 0.5) is 5.82 Å². The molecule has 2 amide bonds. The lowest BCUT2D eigenvalue weighted by molar-refractivity contribution is -0.125. The molecule has 0 bridgehead atoms. The third-order valence-corrected chi connectivity index (χ3v) is 5.39. The molecule has 2 aliphatic rings. The maximum absolute atomic E-state index is 12.2. The van der Waals surface area contributed by atoms with Crippen LogP contribution in [0.5, 0.6) is 0 Å². The van der Waals surface area contributed by atoms with Gasteiger partial charge in [-0.25, -0.2) is 4.98 Å². The van der Waals surface area contributed by atoms with Gasteiger partial charge in [-0.2, -0.15) is 5.26 Å². The fourth-order valence-electron chi connectivity index (χ4n) is 3.64. The van der Waals surface area contributed by atoms with Crippen molar-refractivity contribution in [3.8, 4) is 6.07 Å². The van der Waals surface area contributed by atoms with Crippen LogP contribution in [0.3, 0.4) is 0 Å². The number of fused-ring (bicyclic) bond motifs is 1. The molecule has 28 heavy (non-hydrogen) atoms. The van der Waals surface area contributed by atoms with Gasteiger partial charge in [0.2, 0.25) is 11.8 Å². The summed E-state index contributed by atoms with van der Waals surface area (Å²) in [6.07, 6.45) is 8.43. The summed E-state index contributed by atoms with van der Waals surface area (Å²) in [5.41, 5.74) is 2.98. The van der Waals surface area contributed by atoms with E-state index < -0.39 is 0 Å². The summed E-state index contributed by atoms with van der Waals surface area (Å²) in [6, 6.07) is 5.96. The standard InChI is InChI=1S/C21H23N5O2/c22-9-1-10-24-20(27)14-4-2-13(3-5-14)17-12-18(26-21(28)15-6-7-15)25-19-16(17)8-11-23-19/h2,8,11-12,14-15H,1,3-7,10H2,(H,24,27)(H2,23,25,26,28). The molecule has 2 heterocycles. The molecule has 0 saturated heterocycles. The zero-order chi connectivity index (χ0) is 19.5. The van der Waals surface area contributed by atoms with Gasteiger partial charge in [0.25, 0.3) is 0 Å². The van der Waals surface area contributed by atoms with Crippen molar-refractivity contribution in [3.63, 3.8) is 0 Å². The molecule has 0 radical (unpaired) electrons. The summed E-state index contributed by atoms with van der Waals surface area (Å²) in [5.74, 6) is 0.693. The van der Waals surface area contributed by atoms with Gasteiger partial charge in [-0.05, 0) is 55.4 Å². The Morgan fingerprint density at radius 3 is 2.82 bits per heavy atom. The molecule has 0 aliphatic heterocycles. The predicted octanol–water partition coefficient (Wildman–Crippen LogP) is 3.12. The largest absolute Gasteiger partial charge is 0.355 e. The Labute approximate surface area is 163 Å². The Bertz CT molecular complexity index is 980. The minimum absolute atomic E-state index is 0.0180. The van der Waals surface area contributed by atoms with Crippen LogP contribution in [0.15, 0.2) is 24.4 Å². The lowest BCUT2D eigenvalue weighted by Crippen LogP contribution is -2.32. The molecule has 2 aromatic heterocycles. The van der Waals surface area contributed by atoms with E-state index >= 15 is 0 Å². The van der Waals surface area contributed by atoms with Gasteiger partial charge in [0.1, 0.15) is 11.5 Å². The second kappa shape index (κ2) is 7.85. The SMILES string of the molecule is N#CCCNC(=O)C1CC=C(c2cc(NC(=O)C3CC3)nc3[nH]ccc23)CC1. The average Bonchev–Trinajstić information content (AvgIpc) is 3.46. The molecule has 7 nitrogen and oxygen atoms in total. The number of pyridine rings is 1. The number of nitrogens with zero attached hydrogens (tertiary/aromatic N) is 2. The van der Waals surface area contributed by atoms with Crippen molar-refractivity contribution in [3.05, 3.63) is 30.0 Å². The molecule has 0 spiro atoms. The van der Waals surface area contributed by atoms with Crippen molar-refractivity contribution in [1.29, 1.82) is 5.26 Å². The Hall–Kier alpha value is -3.14. The Morgan fingerprint density at radius 1 is 1.25 bits per heavy atom. The number of nitriles is 1. The number of carbonyl (C=O) groups is 2. The number of nitrogens with one attached hydrogen (secondary N) is 3. The Morgan fingerprint density at radius 2 is 2.11 bits per heavy atom. The highest BCUT2D eigenvalue weighted by Gasteiger charge is 2.30. The highest BCUT2D eigenvalue weighted by molar-refractivity contribution is 5.97. The molecule has 2 aromatic rings. The first-order valence-electron chi connectivity index (χ1n) is 9.79.